The van der Waals surface area contributed by atoms with Crippen LogP contribution in [0.4, 0.5) is 5.69 Å². The zero-order valence-electron chi connectivity index (χ0n) is 13.8. The molecule has 1 atom stereocenters. The summed E-state index contributed by atoms with van der Waals surface area (Å²) in [5, 5.41) is 10.2. The molecule has 0 unspecified atom stereocenters. The van der Waals surface area contributed by atoms with Gasteiger partial charge in [-0.25, -0.2) is 0 Å². The Labute approximate surface area is 146 Å². The Hall–Kier alpha value is -2.34. The third-order valence-electron chi connectivity index (χ3n) is 3.53. The van der Waals surface area contributed by atoms with E-state index in [1.807, 2.05) is 32.2 Å². The Morgan fingerprint density at radius 2 is 2.12 bits per heavy atom. The van der Waals surface area contributed by atoms with Crippen molar-refractivity contribution in [2.24, 2.45) is 0 Å². The highest BCUT2D eigenvalue weighted by Crippen LogP contribution is 2.19. The highest BCUT2D eigenvalue weighted by molar-refractivity contribution is 6.31. The molecule has 0 radical (unpaired) electrons. The smallest absolute Gasteiger partial charge is 0.233 e. The minimum Gasteiger partial charge on any atom is -0.353 e. The molecule has 1 heterocycles. The van der Waals surface area contributed by atoms with Gasteiger partial charge in [0.15, 0.2) is 0 Å². The maximum Gasteiger partial charge on any atom is 0.233 e. The van der Waals surface area contributed by atoms with E-state index in [2.05, 4.69) is 15.7 Å². The summed E-state index contributed by atoms with van der Waals surface area (Å²) in [6.45, 7) is 4.49. The van der Waals surface area contributed by atoms with E-state index in [4.69, 9.17) is 11.6 Å². The van der Waals surface area contributed by atoms with Crippen molar-refractivity contribution < 1.29 is 9.59 Å². The molecule has 2 rings (SSSR count). The standard InChI is InChI=1S/C17H21ClN4O2/c1-12-4-5-14(10-15(12)18)21-17(24)11-16(23)20-13(2)6-9-22-8-3-7-19-22/h3-5,7-8,10,13H,6,9,11H2,1-2H3,(H,20,23)(H,21,24)/t13-/m0/s1. The fourth-order valence-electron chi connectivity index (χ4n) is 2.18. The first-order valence-corrected chi connectivity index (χ1v) is 8.14. The van der Waals surface area contributed by atoms with E-state index >= 15 is 0 Å². The van der Waals surface area contributed by atoms with Crippen LogP contribution in [0.2, 0.25) is 5.02 Å². The van der Waals surface area contributed by atoms with Crippen molar-refractivity contribution in [2.45, 2.75) is 39.3 Å². The van der Waals surface area contributed by atoms with Crippen LogP contribution in [0.25, 0.3) is 0 Å². The molecule has 128 valence electrons. The van der Waals surface area contributed by atoms with Crippen molar-refractivity contribution in [1.82, 2.24) is 15.1 Å². The fraction of sp³-hybridized carbons (Fsp3) is 0.353. The van der Waals surface area contributed by atoms with Crippen LogP contribution in [0.15, 0.2) is 36.7 Å². The molecular formula is C17H21ClN4O2. The molecule has 24 heavy (non-hydrogen) atoms. The minimum absolute atomic E-state index is 0.0386. The molecule has 0 aliphatic heterocycles. The molecular weight excluding hydrogens is 328 g/mol. The second kappa shape index (κ2) is 8.49. The Kier molecular flexibility index (Phi) is 6.37. The number of rotatable bonds is 7. The zero-order valence-corrected chi connectivity index (χ0v) is 14.5. The Bertz CT molecular complexity index is 701. The van der Waals surface area contributed by atoms with Crippen molar-refractivity contribution in [3.05, 3.63) is 47.2 Å². The largest absolute Gasteiger partial charge is 0.353 e. The fourth-order valence-corrected chi connectivity index (χ4v) is 2.36. The highest BCUT2D eigenvalue weighted by Gasteiger charge is 2.13. The molecule has 0 aliphatic carbocycles. The number of nitrogens with zero attached hydrogens (tertiary/aromatic N) is 2. The average Bonchev–Trinajstić information content (AvgIpc) is 3.02. The predicted octanol–water partition coefficient (Wildman–Crippen LogP) is 2.77. The maximum atomic E-state index is 11.9. The second-order valence-electron chi connectivity index (χ2n) is 5.72. The Morgan fingerprint density at radius 3 is 2.79 bits per heavy atom. The van der Waals surface area contributed by atoms with Crippen LogP contribution in [0, 0.1) is 6.92 Å². The minimum atomic E-state index is -0.369. The van der Waals surface area contributed by atoms with Gasteiger partial charge in [0.1, 0.15) is 6.42 Å². The van der Waals surface area contributed by atoms with E-state index in [1.54, 1.807) is 23.0 Å². The topological polar surface area (TPSA) is 76.0 Å². The van der Waals surface area contributed by atoms with Crippen LogP contribution in [-0.4, -0.2) is 27.6 Å². The summed E-state index contributed by atoms with van der Waals surface area (Å²) in [4.78, 5) is 23.8. The van der Waals surface area contributed by atoms with Crippen molar-refractivity contribution in [2.75, 3.05) is 5.32 Å². The van der Waals surface area contributed by atoms with Gasteiger partial charge in [0.2, 0.25) is 11.8 Å². The highest BCUT2D eigenvalue weighted by atomic mass is 35.5. The first kappa shape index (κ1) is 18.0. The molecule has 0 bridgehead atoms. The van der Waals surface area contributed by atoms with Crippen LogP contribution in [0.5, 0.6) is 0 Å². The summed E-state index contributed by atoms with van der Waals surface area (Å²) in [5.41, 5.74) is 1.51. The summed E-state index contributed by atoms with van der Waals surface area (Å²) >= 11 is 6.01. The number of carbonyl (C=O) groups excluding carboxylic acids is 2. The molecule has 0 saturated carbocycles. The van der Waals surface area contributed by atoms with Crippen LogP contribution < -0.4 is 10.6 Å². The van der Waals surface area contributed by atoms with Gasteiger partial charge < -0.3 is 10.6 Å². The first-order chi connectivity index (χ1) is 11.4. The van der Waals surface area contributed by atoms with Crippen molar-refractivity contribution in [3.8, 4) is 0 Å². The molecule has 2 N–H and O–H groups in total. The number of benzene rings is 1. The summed E-state index contributed by atoms with van der Waals surface area (Å²) in [7, 11) is 0. The van der Waals surface area contributed by atoms with Crippen molar-refractivity contribution in [3.63, 3.8) is 0 Å². The van der Waals surface area contributed by atoms with E-state index in [9.17, 15) is 9.59 Å². The van der Waals surface area contributed by atoms with E-state index in [0.717, 1.165) is 12.0 Å². The lowest BCUT2D eigenvalue weighted by Gasteiger charge is -2.14. The molecule has 0 saturated heterocycles. The third-order valence-corrected chi connectivity index (χ3v) is 3.94. The van der Waals surface area contributed by atoms with Crippen molar-refractivity contribution in [1.29, 1.82) is 0 Å². The van der Waals surface area contributed by atoms with Gasteiger partial charge in [-0.3, -0.25) is 14.3 Å². The molecule has 1 aromatic carbocycles. The third kappa shape index (κ3) is 5.70. The van der Waals surface area contributed by atoms with Gasteiger partial charge >= 0.3 is 0 Å². The number of aromatic nitrogens is 2. The number of aryl methyl sites for hydroxylation is 2. The number of halogens is 1. The maximum absolute atomic E-state index is 11.9. The lowest BCUT2D eigenvalue weighted by atomic mass is 10.2. The molecule has 0 fully saturated rings. The van der Waals surface area contributed by atoms with Crippen LogP contribution >= 0.6 is 11.6 Å². The number of anilines is 1. The number of amides is 2. The number of hydrogen-bond acceptors (Lipinski definition) is 3. The number of carbonyl (C=O) groups is 2. The van der Waals surface area contributed by atoms with E-state index in [-0.39, 0.29) is 24.3 Å². The van der Waals surface area contributed by atoms with E-state index in [1.165, 1.54) is 0 Å². The SMILES string of the molecule is Cc1ccc(NC(=O)CC(=O)N[C@@H](C)CCn2cccn2)cc1Cl. The van der Waals surface area contributed by atoms with Gasteiger partial charge in [0, 0.05) is 35.7 Å². The lowest BCUT2D eigenvalue weighted by molar-refractivity contribution is -0.127. The first-order valence-electron chi connectivity index (χ1n) is 7.77. The molecule has 6 nitrogen and oxygen atoms in total. The predicted molar refractivity (Wildman–Crippen MR) is 93.9 cm³/mol. The molecule has 7 heteroatoms. The van der Waals surface area contributed by atoms with Gasteiger partial charge in [0.05, 0.1) is 0 Å². The molecule has 0 spiro atoms. The van der Waals surface area contributed by atoms with Gasteiger partial charge in [0.25, 0.3) is 0 Å². The quantitative estimate of drug-likeness (QED) is 0.755. The van der Waals surface area contributed by atoms with E-state index < -0.39 is 0 Å². The summed E-state index contributed by atoms with van der Waals surface area (Å²) in [6, 6.07) is 7.05. The van der Waals surface area contributed by atoms with Crippen LogP contribution in [0.3, 0.4) is 0 Å². The molecule has 2 amide bonds. The van der Waals surface area contributed by atoms with Crippen LogP contribution in [-0.2, 0) is 16.1 Å². The summed E-state index contributed by atoms with van der Waals surface area (Å²) < 4.78 is 1.80. The molecule has 0 aliphatic rings. The monoisotopic (exact) mass is 348 g/mol. The van der Waals surface area contributed by atoms with E-state index in [0.29, 0.717) is 17.3 Å². The van der Waals surface area contributed by atoms with Crippen molar-refractivity contribution >= 4 is 29.1 Å². The summed E-state index contributed by atoms with van der Waals surface area (Å²) in [5.74, 6) is -0.676. The second-order valence-corrected chi connectivity index (χ2v) is 6.12. The average molecular weight is 349 g/mol. The Balaban J connectivity index is 1.74. The number of nitrogens with one attached hydrogen (secondary N) is 2. The van der Waals surface area contributed by atoms with Gasteiger partial charge in [-0.05, 0) is 44.0 Å². The van der Waals surface area contributed by atoms with Gasteiger partial charge in [-0.1, -0.05) is 17.7 Å². The lowest BCUT2D eigenvalue weighted by Crippen LogP contribution is -2.35. The van der Waals surface area contributed by atoms with Gasteiger partial charge in [-0.15, -0.1) is 0 Å². The van der Waals surface area contributed by atoms with Crippen LogP contribution in [0.1, 0.15) is 25.3 Å². The number of hydrogen-bond donors (Lipinski definition) is 2. The summed E-state index contributed by atoms with van der Waals surface area (Å²) in [6.07, 6.45) is 4.10. The zero-order chi connectivity index (χ0) is 17.5. The Morgan fingerprint density at radius 1 is 1.33 bits per heavy atom. The normalized spacial score (nSPS) is 11.8. The van der Waals surface area contributed by atoms with Gasteiger partial charge in [-0.2, -0.15) is 5.10 Å². The molecule has 2 aromatic rings. The molecule has 1 aromatic heterocycles.